The van der Waals surface area contributed by atoms with Crippen LogP contribution in [0, 0.1) is 18.3 Å². The maximum Gasteiger partial charge on any atom is 0.316 e. The summed E-state index contributed by atoms with van der Waals surface area (Å²) in [6.45, 7) is 10.1. The molecule has 0 saturated heterocycles. The number of hydrogen-bond donors (Lipinski definition) is 3. The third-order valence-electron chi connectivity index (χ3n) is 2.42. The Morgan fingerprint density at radius 3 is 2.26 bits per heavy atom. The average molecular weight is 267 g/mol. The standard InChI is InChI=1S/C11H16N2O.C4H9N.2H2/c1-7(2)9-5-4-8(3)6-10(9)13-11(12)14;1-4(2)3-5;;/h4-7H,1-3H3,(H3,12,13,14);3-5H,1-2H3;2*1H. The summed E-state index contributed by atoms with van der Waals surface area (Å²) < 4.78 is 0. The van der Waals surface area contributed by atoms with Gasteiger partial charge in [0.1, 0.15) is 0 Å². The molecule has 0 spiro atoms. The van der Waals surface area contributed by atoms with Gasteiger partial charge in [-0.2, -0.15) is 0 Å². The van der Waals surface area contributed by atoms with Crippen LogP contribution in [0.25, 0.3) is 0 Å². The quantitative estimate of drug-likeness (QED) is 0.697. The van der Waals surface area contributed by atoms with Crippen LogP contribution in [0.15, 0.2) is 18.2 Å². The van der Waals surface area contributed by atoms with E-state index < -0.39 is 6.03 Å². The van der Waals surface area contributed by atoms with Gasteiger partial charge in [-0.3, -0.25) is 0 Å². The zero-order valence-corrected chi connectivity index (χ0v) is 12.4. The second-order valence-electron chi connectivity index (χ2n) is 5.15. The van der Waals surface area contributed by atoms with Crippen LogP contribution in [-0.4, -0.2) is 12.2 Å². The van der Waals surface area contributed by atoms with Crippen molar-refractivity contribution in [3.63, 3.8) is 0 Å². The van der Waals surface area contributed by atoms with Crippen molar-refractivity contribution in [2.45, 2.75) is 40.5 Å². The number of aryl methyl sites for hydroxylation is 1. The molecular formula is C15H29N3O. The fourth-order valence-corrected chi connectivity index (χ4v) is 1.41. The van der Waals surface area contributed by atoms with Crippen molar-refractivity contribution in [3.05, 3.63) is 29.3 Å². The summed E-state index contributed by atoms with van der Waals surface area (Å²) in [7, 11) is 0. The van der Waals surface area contributed by atoms with Crippen molar-refractivity contribution in [1.82, 2.24) is 0 Å². The Morgan fingerprint density at radius 2 is 1.89 bits per heavy atom. The summed E-state index contributed by atoms with van der Waals surface area (Å²) in [5.41, 5.74) is 8.12. The predicted molar refractivity (Wildman–Crippen MR) is 86.3 cm³/mol. The molecule has 1 aromatic rings. The SMILES string of the molecule is CC(C)C=N.Cc1ccc(C(C)C)c(NC(N)=O)c1.[HH].[HH]. The first-order valence-corrected chi connectivity index (χ1v) is 6.45. The molecular weight excluding hydrogens is 238 g/mol. The van der Waals surface area contributed by atoms with E-state index in [0.29, 0.717) is 11.8 Å². The molecule has 110 valence electrons. The number of urea groups is 1. The summed E-state index contributed by atoms with van der Waals surface area (Å²) in [6.07, 6.45) is 1.42. The molecule has 0 radical (unpaired) electrons. The number of nitrogens with one attached hydrogen (secondary N) is 2. The Balaban J connectivity index is -0.000000405. The van der Waals surface area contributed by atoms with Gasteiger partial charge in [0, 0.05) is 8.54 Å². The molecule has 1 rings (SSSR count). The lowest BCUT2D eigenvalue weighted by Gasteiger charge is -2.13. The lowest BCUT2D eigenvalue weighted by molar-refractivity contribution is 0.259. The van der Waals surface area contributed by atoms with Gasteiger partial charge in [-0.1, -0.05) is 39.8 Å². The number of amides is 2. The maximum absolute atomic E-state index is 10.8. The van der Waals surface area contributed by atoms with E-state index in [0.717, 1.165) is 16.8 Å². The van der Waals surface area contributed by atoms with Crippen LogP contribution in [0.4, 0.5) is 10.5 Å². The van der Waals surface area contributed by atoms with Crippen molar-refractivity contribution < 1.29 is 7.65 Å². The van der Waals surface area contributed by atoms with E-state index in [1.807, 2.05) is 39.0 Å². The normalized spacial score (nSPS) is 9.84. The number of hydrogen-bond acceptors (Lipinski definition) is 2. The van der Waals surface area contributed by atoms with Gasteiger partial charge in [0.25, 0.3) is 0 Å². The molecule has 0 aromatic heterocycles. The molecule has 4 heteroatoms. The lowest BCUT2D eigenvalue weighted by atomic mass is 9.99. The van der Waals surface area contributed by atoms with Crippen LogP contribution in [0.5, 0.6) is 0 Å². The molecule has 4 nitrogen and oxygen atoms in total. The fraction of sp³-hybridized carbons (Fsp3) is 0.467. The first-order valence-electron chi connectivity index (χ1n) is 6.45. The molecule has 0 aliphatic rings. The largest absolute Gasteiger partial charge is 0.351 e. The van der Waals surface area contributed by atoms with Crippen LogP contribution < -0.4 is 11.1 Å². The summed E-state index contributed by atoms with van der Waals surface area (Å²) in [5.74, 6) is 0.799. The topological polar surface area (TPSA) is 79.0 Å². The van der Waals surface area contributed by atoms with Crippen LogP contribution >= 0.6 is 0 Å². The molecule has 0 unspecified atom stereocenters. The number of rotatable bonds is 3. The molecule has 0 fully saturated rings. The Labute approximate surface area is 118 Å². The Kier molecular flexibility index (Phi) is 7.49. The van der Waals surface area contributed by atoms with Crippen molar-refractivity contribution >= 4 is 17.9 Å². The van der Waals surface area contributed by atoms with Gasteiger partial charge in [-0.05, 0) is 42.2 Å². The molecule has 2 amide bonds. The van der Waals surface area contributed by atoms with E-state index in [4.69, 9.17) is 11.1 Å². The first-order chi connectivity index (χ1) is 8.77. The molecule has 0 bridgehead atoms. The van der Waals surface area contributed by atoms with Gasteiger partial charge in [-0.25, -0.2) is 4.79 Å². The van der Waals surface area contributed by atoms with Gasteiger partial charge >= 0.3 is 6.03 Å². The van der Waals surface area contributed by atoms with Crippen molar-refractivity contribution in [1.29, 1.82) is 5.41 Å². The van der Waals surface area contributed by atoms with Crippen molar-refractivity contribution in [2.24, 2.45) is 11.7 Å². The average Bonchev–Trinajstić information content (AvgIpc) is 2.28. The lowest BCUT2D eigenvalue weighted by Crippen LogP contribution is -2.20. The maximum atomic E-state index is 10.8. The number of carbonyl (C=O) groups excluding carboxylic acids is 1. The van der Waals surface area contributed by atoms with Crippen LogP contribution in [0.3, 0.4) is 0 Å². The van der Waals surface area contributed by atoms with Crippen LogP contribution in [0.2, 0.25) is 0 Å². The number of benzene rings is 1. The minimum atomic E-state index is -0.516. The van der Waals surface area contributed by atoms with Gasteiger partial charge < -0.3 is 16.5 Å². The Morgan fingerprint density at radius 1 is 1.37 bits per heavy atom. The van der Waals surface area contributed by atoms with Gasteiger partial charge in [-0.15, -0.1) is 0 Å². The smallest absolute Gasteiger partial charge is 0.316 e. The minimum Gasteiger partial charge on any atom is -0.351 e. The van der Waals surface area contributed by atoms with E-state index in [1.165, 1.54) is 6.21 Å². The molecule has 0 saturated carbocycles. The van der Waals surface area contributed by atoms with E-state index in [9.17, 15) is 4.79 Å². The van der Waals surface area contributed by atoms with Gasteiger partial charge in [0.2, 0.25) is 0 Å². The second kappa shape index (κ2) is 8.29. The molecule has 1 aromatic carbocycles. The third-order valence-corrected chi connectivity index (χ3v) is 2.42. The fourth-order valence-electron chi connectivity index (χ4n) is 1.41. The summed E-state index contributed by atoms with van der Waals surface area (Å²) in [5, 5.41) is 9.17. The zero-order chi connectivity index (χ0) is 15.0. The van der Waals surface area contributed by atoms with Crippen molar-refractivity contribution in [3.8, 4) is 0 Å². The molecule has 0 heterocycles. The second-order valence-corrected chi connectivity index (χ2v) is 5.15. The third kappa shape index (κ3) is 7.24. The minimum absolute atomic E-state index is 0. The van der Waals surface area contributed by atoms with E-state index in [-0.39, 0.29) is 2.85 Å². The summed E-state index contributed by atoms with van der Waals surface area (Å²) >= 11 is 0. The van der Waals surface area contributed by atoms with Gasteiger partial charge in [0.15, 0.2) is 0 Å². The summed E-state index contributed by atoms with van der Waals surface area (Å²) in [6, 6.07) is 5.46. The van der Waals surface area contributed by atoms with E-state index in [1.54, 1.807) is 0 Å². The first kappa shape index (κ1) is 17.2. The van der Waals surface area contributed by atoms with Crippen LogP contribution in [-0.2, 0) is 0 Å². The highest BCUT2D eigenvalue weighted by Crippen LogP contribution is 2.24. The number of carbonyl (C=O) groups is 1. The molecule has 4 N–H and O–H groups in total. The number of primary amides is 1. The predicted octanol–water partition coefficient (Wildman–Crippen LogP) is 4.39. The van der Waals surface area contributed by atoms with E-state index in [2.05, 4.69) is 19.2 Å². The highest BCUT2D eigenvalue weighted by atomic mass is 16.2. The van der Waals surface area contributed by atoms with Crippen LogP contribution in [0.1, 0.15) is 47.6 Å². The molecule has 0 aliphatic heterocycles. The van der Waals surface area contributed by atoms with Gasteiger partial charge in [0.05, 0.1) is 0 Å². The number of nitrogens with two attached hydrogens (primary N) is 1. The molecule has 0 atom stereocenters. The molecule has 0 aliphatic carbocycles. The van der Waals surface area contributed by atoms with E-state index >= 15 is 0 Å². The highest BCUT2D eigenvalue weighted by molar-refractivity contribution is 5.89. The Hall–Kier alpha value is -1.84. The Bertz CT molecular complexity index is 435. The van der Waals surface area contributed by atoms with Crippen molar-refractivity contribution in [2.75, 3.05) is 5.32 Å². The number of anilines is 1. The molecule has 19 heavy (non-hydrogen) atoms. The zero-order valence-electron chi connectivity index (χ0n) is 12.4. The highest BCUT2D eigenvalue weighted by Gasteiger charge is 2.07. The monoisotopic (exact) mass is 267 g/mol. The summed E-state index contributed by atoms with van der Waals surface area (Å²) in [4.78, 5) is 10.8.